The van der Waals surface area contributed by atoms with Gasteiger partial charge in [-0.3, -0.25) is 9.69 Å². The lowest BCUT2D eigenvalue weighted by Gasteiger charge is -2.14. The number of aromatic nitrogens is 3. The molecule has 0 unspecified atom stereocenters. The van der Waals surface area contributed by atoms with E-state index in [-0.39, 0.29) is 5.91 Å². The molecule has 186 valence electrons. The lowest BCUT2D eigenvalue weighted by molar-refractivity contribution is -0.113. The van der Waals surface area contributed by atoms with Crippen LogP contribution in [-0.4, -0.2) is 32.9 Å². The van der Waals surface area contributed by atoms with Crippen LogP contribution < -0.4 is 9.64 Å². The van der Waals surface area contributed by atoms with E-state index in [9.17, 15) is 4.79 Å². The number of amidine groups is 1. The Hall–Kier alpha value is -4.47. The first-order chi connectivity index (χ1) is 18.7. The van der Waals surface area contributed by atoms with Gasteiger partial charge >= 0.3 is 0 Å². The van der Waals surface area contributed by atoms with Crippen LogP contribution in [0, 0.1) is 0 Å². The highest BCUT2D eigenvalue weighted by Gasteiger charge is 2.35. The molecule has 0 atom stereocenters. The lowest BCUT2D eigenvalue weighted by Crippen LogP contribution is -2.28. The van der Waals surface area contributed by atoms with Gasteiger partial charge in [0, 0.05) is 28.9 Å². The van der Waals surface area contributed by atoms with Crippen LogP contribution in [0.4, 0.5) is 10.8 Å². The predicted octanol–water partition coefficient (Wildman–Crippen LogP) is 6.81. The number of nitrogens with zero attached hydrogens (tertiary/aromatic N) is 5. The number of para-hydroxylation sites is 2. The first kappa shape index (κ1) is 23.9. The van der Waals surface area contributed by atoms with Crippen molar-refractivity contribution in [3.05, 3.63) is 113 Å². The zero-order valence-corrected chi connectivity index (χ0v) is 21.9. The molecule has 1 aliphatic rings. The van der Waals surface area contributed by atoms with Gasteiger partial charge in [0.1, 0.15) is 5.75 Å². The number of aliphatic imine (C=N–C) groups is 1. The maximum absolute atomic E-state index is 13.8. The Kier molecular flexibility index (Phi) is 6.60. The molecule has 0 radical (unpaired) electrons. The fourth-order valence-corrected chi connectivity index (χ4v) is 5.56. The summed E-state index contributed by atoms with van der Waals surface area (Å²) < 4.78 is 7.16. The van der Waals surface area contributed by atoms with Gasteiger partial charge in [0.05, 0.1) is 29.1 Å². The Morgan fingerprint density at radius 1 is 0.921 bits per heavy atom. The van der Waals surface area contributed by atoms with Crippen molar-refractivity contribution < 1.29 is 9.53 Å². The van der Waals surface area contributed by atoms with Gasteiger partial charge in [-0.2, -0.15) is 10.1 Å². The third-order valence-electron chi connectivity index (χ3n) is 5.84. The third kappa shape index (κ3) is 4.77. The third-order valence-corrected chi connectivity index (χ3v) is 7.48. The van der Waals surface area contributed by atoms with E-state index < -0.39 is 0 Å². The molecular formula is C29H21N5O2S2. The van der Waals surface area contributed by atoms with Crippen LogP contribution in [0.5, 0.6) is 5.75 Å². The minimum atomic E-state index is -0.148. The van der Waals surface area contributed by atoms with Gasteiger partial charge in [0.25, 0.3) is 5.91 Å². The number of thiazole rings is 1. The number of carbonyl (C=O) groups is 1. The van der Waals surface area contributed by atoms with Crippen molar-refractivity contribution in [1.29, 1.82) is 0 Å². The molecule has 3 heterocycles. The molecule has 0 spiro atoms. The molecule has 0 aliphatic carbocycles. The molecule has 7 nitrogen and oxygen atoms in total. The highest BCUT2D eigenvalue weighted by atomic mass is 32.2. The van der Waals surface area contributed by atoms with Crippen molar-refractivity contribution in [2.24, 2.45) is 4.99 Å². The van der Waals surface area contributed by atoms with Gasteiger partial charge in [0.2, 0.25) is 5.13 Å². The average molecular weight is 536 g/mol. The fraction of sp³-hybridized carbons (Fsp3) is 0.0345. The van der Waals surface area contributed by atoms with Crippen LogP contribution in [0.25, 0.3) is 23.0 Å². The van der Waals surface area contributed by atoms with Crippen molar-refractivity contribution in [2.75, 3.05) is 12.0 Å². The summed E-state index contributed by atoms with van der Waals surface area (Å²) in [6.07, 6.45) is 5.53. The summed E-state index contributed by atoms with van der Waals surface area (Å²) in [4.78, 5) is 24.9. The molecule has 1 saturated heterocycles. The van der Waals surface area contributed by atoms with E-state index in [1.807, 2.05) is 107 Å². The molecule has 5 aromatic rings. The number of carbonyl (C=O) groups excluding carboxylic acids is 1. The highest BCUT2D eigenvalue weighted by molar-refractivity contribution is 8.19. The van der Waals surface area contributed by atoms with Crippen LogP contribution in [0.15, 0.2) is 113 Å². The van der Waals surface area contributed by atoms with Gasteiger partial charge in [-0.25, -0.2) is 9.67 Å². The molecule has 38 heavy (non-hydrogen) atoms. The number of anilines is 1. The Balaban J connectivity index is 1.46. The number of hydrogen-bond donors (Lipinski definition) is 0. The summed E-state index contributed by atoms with van der Waals surface area (Å²) in [5.41, 5.74) is 4.17. The smallest absolute Gasteiger partial charge is 0.271 e. The first-order valence-electron chi connectivity index (χ1n) is 11.8. The largest absolute Gasteiger partial charge is 0.497 e. The number of thioether (sulfide) groups is 1. The summed E-state index contributed by atoms with van der Waals surface area (Å²) in [5, 5.41) is 7.91. The Bertz CT molecular complexity index is 1630. The number of ether oxygens (including phenoxy) is 1. The molecule has 1 aliphatic heterocycles. The van der Waals surface area contributed by atoms with Crippen molar-refractivity contribution in [2.45, 2.75) is 0 Å². The van der Waals surface area contributed by atoms with Crippen molar-refractivity contribution in [3.63, 3.8) is 0 Å². The lowest BCUT2D eigenvalue weighted by atomic mass is 10.1. The highest BCUT2D eigenvalue weighted by Crippen LogP contribution is 2.39. The summed E-state index contributed by atoms with van der Waals surface area (Å²) in [6.45, 7) is 0. The van der Waals surface area contributed by atoms with Gasteiger partial charge in [-0.15, -0.1) is 11.3 Å². The first-order valence-corrected chi connectivity index (χ1v) is 13.5. The van der Waals surface area contributed by atoms with Crippen LogP contribution in [0.3, 0.4) is 0 Å². The number of amides is 1. The van der Waals surface area contributed by atoms with Crippen molar-refractivity contribution in [1.82, 2.24) is 14.8 Å². The summed E-state index contributed by atoms with van der Waals surface area (Å²) in [5.74, 6) is 0.615. The van der Waals surface area contributed by atoms with Crippen molar-refractivity contribution >= 4 is 51.1 Å². The number of benzene rings is 3. The van der Waals surface area contributed by atoms with E-state index in [0.29, 0.717) is 15.2 Å². The van der Waals surface area contributed by atoms with E-state index in [1.54, 1.807) is 18.2 Å². The predicted molar refractivity (Wildman–Crippen MR) is 154 cm³/mol. The Morgan fingerprint density at radius 2 is 1.63 bits per heavy atom. The minimum Gasteiger partial charge on any atom is -0.497 e. The number of hydrogen-bond acceptors (Lipinski definition) is 7. The van der Waals surface area contributed by atoms with Crippen LogP contribution >= 0.6 is 23.1 Å². The van der Waals surface area contributed by atoms with Gasteiger partial charge in [0.15, 0.2) is 5.17 Å². The second-order valence-electron chi connectivity index (χ2n) is 8.24. The minimum absolute atomic E-state index is 0.148. The SMILES string of the molecule is COc1ccc(-c2nn(-c3ccccc3)cc2/C=C2\S/C(=N/c3nccs3)N(c3ccccc3)C2=O)cc1. The fourth-order valence-electron chi connectivity index (χ4n) is 4.03. The topological polar surface area (TPSA) is 72.6 Å². The van der Waals surface area contributed by atoms with E-state index in [2.05, 4.69) is 9.98 Å². The van der Waals surface area contributed by atoms with E-state index in [0.717, 1.165) is 33.9 Å². The van der Waals surface area contributed by atoms with Gasteiger partial charge in [-0.1, -0.05) is 36.4 Å². The monoisotopic (exact) mass is 535 g/mol. The standard InChI is InChI=1S/C29H21N5O2S2/c1-36-24-14-12-20(13-15-24)26-21(19-33(32-26)22-8-4-2-5-9-22)18-25-27(35)34(23-10-6-3-7-11-23)29(38-25)31-28-30-16-17-37-28/h2-19H,1H3/b25-18-,31-29+. The summed E-state index contributed by atoms with van der Waals surface area (Å²) >= 11 is 2.75. The van der Waals surface area contributed by atoms with E-state index in [4.69, 9.17) is 9.84 Å². The number of rotatable bonds is 6. The molecule has 1 fully saturated rings. The van der Waals surface area contributed by atoms with Gasteiger partial charge in [-0.05, 0) is 66.4 Å². The average Bonchev–Trinajstić information content (AvgIpc) is 3.70. The second-order valence-corrected chi connectivity index (χ2v) is 10.1. The molecule has 0 N–H and O–H groups in total. The molecule has 9 heteroatoms. The zero-order valence-electron chi connectivity index (χ0n) is 20.3. The molecule has 1 amide bonds. The summed E-state index contributed by atoms with van der Waals surface area (Å²) in [7, 11) is 1.64. The maximum Gasteiger partial charge on any atom is 0.271 e. The second kappa shape index (κ2) is 10.5. The normalized spacial score (nSPS) is 15.5. The molecule has 0 saturated carbocycles. The molecule has 0 bridgehead atoms. The molecule has 3 aromatic carbocycles. The quantitative estimate of drug-likeness (QED) is 0.223. The Labute approximate surface area is 227 Å². The van der Waals surface area contributed by atoms with Gasteiger partial charge < -0.3 is 4.74 Å². The van der Waals surface area contributed by atoms with Crippen LogP contribution in [0.1, 0.15) is 5.56 Å². The van der Waals surface area contributed by atoms with Crippen LogP contribution in [-0.2, 0) is 4.79 Å². The molecular weight excluding hydrogens is 514 g/mol. The number of methoxy groups -OCH3 is 1. The molecule has 6 rings (SSSR count). The Morgan fingerprint density at radius 3 is 2.29 bits per heavy atom. The maximum atomic E-state index is 13.8. The van der Waals surface area contributed by atoms with Crippen LogP contribution in [0.2, 0.25) is 0 Å². The zero-order chi connectivity index (χ0) is 25.9. The van der Waals surface area contributed by atoms with Crippen molar-refractivity contribution in [3.8, 4) is 22.7 Å². The molecule has 2 aromatic heterocycles. The summed E-state index contributed by atoms with van der Waals surface area (Å²) in [6, 6.07) is 27.2. The van der Waals surface area contributed by atoms with E-state index in [1.165, 1.54) is 23.1 Å². The van der Waals surface area contributed by atoms with E-state index >= 15 is 0 Å².